The molecule has 7 heteroatoms. The van der Waals surface area contributed by atoms with E-state index in [0.717, 1.165) is 59.7 Å². The maximum atomic E-state index is 14.3. The number of nitrogen functional groups attached to an aromatic ring is 1. The van der Waals surface area contributed by atoms with Crippen LogP contribution >= 0.6 is 0 Å². The molecule has 33 heavy (non-hydrogen) atoms. The number of benzene rings is 2. The topological polar surface area (TPSA) is 69.2 Å². The fourth-order valence-electron chi connectivity index (χ4n) is 5.28. The van der Waals surface area contributed by atoms with Crippen molar-refractivity contribution >= 4 is 22.4 Å². The number of hydrogen-bond acceptors (Lipinski definition) is 5. The second-order valence-corrected chi connectivity index (χ2v) is 8.93. The fraction of sp³-hybridized carbons (Fsp3) is 0.308. The Bertz CT molecular complexity index is 1300. The lowest BCUT2D eigenvalue weighted by atomic mass is 9.93. The Morgan fingerprint density at radius 3 is 2.64 bits per heavy atom. The lowest BCUT2D eigenvalue weighted by Crippen LogP contribution is -2.55. The van der Waals surface area contributed by atoms with E-state index in [0.29, 0.717) is 24.2 Å². The first-order chi connectivity index (χ1) is 16.2. The lowest BCUT2D eigenvalue weighted by molar-refractivity contribution is 0.0464. The van der Waals surface area contributed by atoms with Crippen LogP contribution in [0.3, 0.4) is 0 Å². The average Bonchev–Trinajstić information content (AvgIpc) is 3.19. The summed E-state index contributed by atoms with van der Waals surface area (Å²) in [4.78, 5) is 6.99. The van der Waals surface area contributed by atoms with E-state index in [1.54, 1.807) is 23.0 Å². The molecule has 2 bridgehead atoms. The molecule has 2 aromatic carbocycles. The van der Waals surface area contributed by atoms with Crippen molar-refractivity contribution in [2.45, 2.75) is 37.9 Å². The molecule has 4 aromatic rings. The van der Waals surface area contributed by atoms with Crippen LogP contribution in [0, 0.1) is 5.82 Å². The summed E-state index contributed by atoms with van der Waals surface area (Å²) in [5.41, 5.74) is 11.5. The van der Waals surface area contributed by atoms with Gasteiger partial charge in [-0.1, -0.05) is 24.3 Å². The van der Waals surface area contributed by atoms with Gasteiger partial charge in [-0.3, -0.25) is 0 Å². The Hall–Kier alpha value is -3.45. The third kappa shape index (κ3) is 3.53. The molecule has 168 valence electrons. The molecule has 0 aliphatic carbocycles. The summed E-state index contributed by atoms with van der Waals surface area (Å²) in [5, 5.41) is 5.76. The molecule has 2 aliphatic heterocycles. The second-order valence-electron chi connectivity index (χ2n) is 8.93. The van der Waals surface area contributed by atoms with Gasteiger partial charge in [0.05, 0.1) is 43.2 Å². The third-order valence-corrected chi connectivity index (χ3v) is 6.85. The molecular weight excluding hydrogens is 417 g/mol. The summed E-state index contributed by atoms with van der Waals surface area (Å²) in [6.07, 6.45) is 5.24. The summed E-state index contributed by atoms with van der Waals surface area (Å²) in [6, 6.07) is 17.6. The van der Waals surface area contributed by atoms with Gasteiger partial charge < -0.3 is 15.4 Å². The zero-order valence-electron chi connectivity index (χ0n) is 18.3. The predicted octanol–water partition coefficient (Wildman–Crippen LogP) is 4.63. The molecule has 2 aromatic heterocycles. The van der Waals surface area contributed by atoms with E-state index in [1.165, 1.54) is 12.5 Å². The predicted molar refractivity (Wildman–Crippen MR) is 128 cm³/mol. The number of ether oxygens (including phenoxy) is 1. The smallest absolute Gasteiger partial charge is 0.158 e. The van der Waals surface area contributed by atoms with E-state index in [4.69, 9.17) is 15.6 Å². The second kappa shape index (κ2) is 8.15. The SMILES string of the molecule is Nc1cc(-c2nn(Cc3ccccc3F)c3ncccc23)ccc1N1C2CCCC1COC2. The van der Waals surface area contributed by atoms with Crippen LogP contribution in [0.2, 0.25) is 0 Å². The zero-order chi connectivity index (χ0) is 22.4. The highest BCUT2D eigenvalue weighted by Crippen LogP contribution is 2.38. The molecule has 2 fully saturated rings. The summed E-state index contributed by atoms with van der Waals surface area (Å²) in [6.45, 7) is 1.83. The molecule has 0 saturated carbocycles. The number of hydrogen-bond donors (Lipinski definition) is 1. The van der Waals surface area contributed by atoms with Gasteiger partial charge in [0.2, 0.25) is 0 Å². The van der Waals surface area contributed by atoms with Gasteiger partial charge >= 0.3 is 0 Å². The summed E-state index contributed by atoms with van der Waals surface area (Å²) < 4.78 is 21.8. The van der Waals surface area contributed by atoms with Gasteiger partial charge in [0.1, 0.15) is 11.5 Å². The van der Waals surface area contributed by atoms with Crippen molar-refractivity contribution in [3.8, 4) is 11.3 Å². The van der Waals surface area contributed by atoms with E-state index in [2.05, 4.69) is 22.0 Å². The number of aromatic nitrogens is 3. The van der Waals surface area contributed by atoms with Crippen LogP contribution in [-0.2, 0) is 11.3 Å². The number of fused-ring (bicyclic) bond motifs is 3. The Labute approximate surface area is 191 Å². The van der Waals surface area contributed by atoms with Crippen molar-refractivity contribution in [2.24, 2.45) is 0 Å². The Balaban J connectivity index is 1.39. The average molecular weight is 444 g/mol. The maximum Gasteiger partial charge on any atom is 0.158 e. The monoisotopic (exact) mass is 443 g/mol. The van der Waals surface area contributed by atoms with E-state index < -0.39 is 0 Å². The molecular formula is C26H26FN5O. The van der Waals surface area contributed by atoms with E-state index in [9.17, 15) is 4.39 Å². The largest absolute Gasteiger partial charge is 0.397 e. The van der Waals surface area contributed by atoms with E-state index in [-0.39, 0.29) is 5.82 Å². The van der Waals surface area contributed by atoms with Crippen LogP contribution in [-0.4, -0.2) is 40.1 Å². The first kappa shape index (κ1) is 20.2. The number of pyridine rings is 1. The standard InChI is InChI=1S/C26H26FN5O/c27-22-9-2-1-5-18(22)14-31-26-21(8-4-12-29-26)25(30-31)17-10-11-24(23(28)13-17)32-19-6-3-7-20(32)16-33-15-19/h1-2,4-5,8-13,19-20H,3,6-7,14-16,28H2. The minimum atomic E-state index is -0.247. The molecule has 6 nitrogen and oxygen atoms in total. The summed E-state index contributed by atoms with van der Waals surface area (Å²) >= 11 is 0. The van der Waals surface area contributed by atoms with Crippen LogP contribution in [0.4, 0.5) is 15.8 Å². The number of piperidine rings is 1. The first-order valence-corrected chi connectivity index (χ1v) is 11.5. The summed E-state index contributed by atoms with van der Waals surface area (Å²) in [5.74, 6) is -0.247. The van der Waals surface area contributed by atoms with Gasteiger partial charge in [-0.05, 0) is 49.6 Å². The Morgan fingerprint density at radius 2 is 1.85 bits per heavy atom. The number of nitrogens with two attached hydrogens (primary N) is 1. The first-order valence-electron chi connectivity index (χ1n) is 11.5. The normalized spacial score (nSPS) is 20.3. The lowest BCUT2D eigenvalue weighted by Gasteiger charge is -2.47. The molecule has 0 amide bonds. The third-order valence-electron chi connectivity index (χ3n) is 6.85. The van der Waals surface area contributed by atoms with Crippen molar-refractivity contribution in [1.29, 1.82) is 0 Å². The van der Waals surface area contributed by atoms with Crippen LogP contribution < -0.4 is 10.6 Å². The molecule has 2 saturated heterocycles. The van der Waals surface area contributed by atoms with E-state index >= 15 is 0 Å². The van der Waals surface area contributed by atoms with Crippen LogP contribution in [0.5, 0.6) is 0 Å². The highest BCUT2D eigenvalue weighted by Gasteiger charge is 2.35. The van der Waals surface area contributed by atoms with Crippen molar-refractivity contribution < 1.29 is 9.13 Å². The van der Waals surface area contributed by atoms with Gasteiger partial charge in [-0.25, -0.2) is 14.1 Å². The van der Waals surface area contributed by atoms with Gasteiger partial charge in [0.15, 0.2) is 5.65 Å². The molecule has 2 N–H and O–H groups in total. The van der Waals surface area contributed by atoms with Gasteiger partial charge in [0, 0.05) is 22.7 Å². The van der Waals surface area contributed by atoms with E-state index in [1.807, 2.05) is 24.3 Å². The van der Waals surface area contributed by atoms with Crippen molar-refractivity contribution in [1.82, 2.24) is 14.8 Å². The fourth-order valence-corrected chi connectivity index (χ4v) is 5.28. The minimum Gasteiger partial charge on any atom is -0.397 e. The number of halogens is 1. The summed E-state index contributed by atoms with van der Waals surface area (Å²) in [7, 11) is 0. The highest BCUT2D eigenvalue weighted by molar-refractivity contribution is 5.92. The number of rotatable bonds is 4. The number of anilines is 2. The molecule has 2 aliphatic rings. The van der Waals surface area contributed by atoms with Crippen LogP contribution in [0.15, 0.2) is 60.8 Å². The zero-order valence-corrected chi connectivity index (χ0v) is 18.3. The molecule has 6 rings (SSSR count). The van der Waals surface area contributed by atoms with Crippen molar-refractivity contribution in [2.75, 3.05) is 23.8 Å². The highest BCUT2D eigenvalue weighted by atomic mass is 19.1. The molecule has 0 radical (unpaired) electrons. The maximum absolute atomic E-state index is 14.3. The Morgan fingerprint density at radius 1 is 1.03 bits per heavy atom. The molecule has 4 heterocycles. The van der Waals surface area contributed by atoms with Crippen LogP contribution in [0.1, 0.15) is 24.8 Å². The Kier molecular flexibility index (Phi) is 4.99. The quantitative estimate of drug-likeness (QED) is 0.466. The van der Waals surface area contributed by atoms with Gasteiger partial charge in [-0.2, -0.15) is 5.10 Å². The number of nitrogens with zero attached hydrogens (tertiary/aromatic N) is 4. The van der Waals surface area contributed by atoms with Gasteiger partial charge in [0.25, 0.3) is 0 Å². The minimum absolute atomic E-state index is 0.247. The van der Waals surface area contributed by atoms with Gasteiger partial charge in [-0.15, -0.1) is 0 Å². The van der Waals surface area contributed by atoms with Crippen LogP contribution in [0.25, 0.3) is 22.3 Å². The molecule has 0 spiro atoms. The molecule has 2 unspecified atom stereocenters. The number of morpholine rings is 1. The van der Waals surface area contributed by atoms with Crippen molar-refractivity contribution in [3.05, 3.63) is 72.2 Å². The molecule has 2 atom stereocenters. The van der Waals surface area contributed by atoms with Crippen molar-refractivity contribution in [3.63, 3.8) is 0 Å².